The number of carbonyl (C=O) groups excluding carboxylic acids is 1. The van der Waals surface area contributed by atoms with Gasteiger partial charge in [-0.3, -0.25) is 4.79 Å². The Balaban J connectivity index is 2.29. The van der Waals surface area contributed by atoms with Crippen LogP contribution in [0.25, 0.3) is 0 Å². The summed E-state index contributed by atoms with van der Waals surface area (Å²) in [4.78, 5) is 11.6. The van der Waals surface area contributed by atoms with Gasteiger partial charge in [0.2, 0.25) is 5.91 Å². The minimum absolute atomic E-state index is 0.0507. The molecule has 100 valence electrons. The van der Waals surface area contributed by atoms with Gasteiger partial charge < -0.3 is 11.1 Å². The number of amides is 1. The summed E-state index contributed by atoms with van der Waals surface area (Å²) in [5.41, 5.74) is 5.81. The Bertz CT molecular complexity index is 399. The van der Waals surface area contributed by atoms with Crippen LogP contribution in [0.2, 0.25) is 5.02 Å². The van der Waals surface area contributed by atoms with Crippen molar-refractivity contribution < 1.29 is 9.18 Å². The zero-order valence-electron chi connectivity index (χ0n) is 10.2. The lowest BCUT2D eigenvalue weighted by Gasteiger charge is -2.05. The molecule has 0 aliphatic heterocycles. The van der Waals surface area contributed by atoms with Crippen LogP contribution < -0.4 is 11.1 Å². The number of benzene rings is 1. The van der Waals surface area contributed by atoms with Crippen LogP contribution in [0.1, 0.15) is 32.1 Å². The van der Waals surface area contributed by atoms with Crippen molar-refractivity contribution in [3.05, 3.63) is 29.0 Å². The fourth-order valence-corrected chi connectivity index (χ4v) is 1.70. The topological polar surface area (TPSA) is 55.1 Å². The number of hydrogen-bond donors (Lipinski definition) is 2. The van der Waals surface area contributed by atoms with E-state index in [1.165, 1.54) is 12.1 Å². The number of hydrogen-bond acceptors (Lipinski definition) is 2. The summed E-state index contributed by atoms with van der Waals surface area (Å²) in [5, 5.41) is 2.69. The smallest absolute Gasteiger partial charge is 0.224 e. The Morgan fingerprint density at radius 3 is 2.67 bits per heavy atom. The molecule has 0 spiro atoms. The van der Waals surface area contributed by atoms with Crippen LogP contribution >= 0.6 is 11.6 Å². The molecule has 0 atom stereocenters. The molecule has 0 aliphatic carbocycles. The molecule has 5 heteroatoms. The monoisotopic (exact) mass is 272 g/mol. The van der Waals surface area contributed by atoms with Crippen molar-refractivity contribution in [2.75, 3.05) is 11.9 Å². The molecule has 18 heavy (non-hydrogen) atoms. The standard InChI is InChI=1S/C13H18ClFN2O/c14-11-7-6-10(9-12(11)15)17-13(18)5-3-1-2-4-8-16/h6-7,9H,1-5,8,16H2,(H,17,18). The normalized spacial score (nSPS) is 10.4. The number of rotatable bonds is 7. The molecule has 0 aromatic heterocycles. The second-order valence-corrected chi connectivity index (χ2v) is 4.54. The Hall–Kier alpha value is -1.13. The fraction of sp³-hybridized carbons (Fsp3) is 0.462. The highest BCUT2D eigenvalue weighted by Crippen LogP contribution is 2.18. The van der Waals surface area contributed by atoms with E-state index in [0.717, 1.165) is 25.7 Å². The first-order valence-corrected chi connectivity index (χ1v) is 6.46. The molecular weight excluding hydrogens is 255 g/mol. The number of halogens is 2. The molecule has 0 bridgehead atoms. The highest BCUT2D eigenvalue weighted by atomic mass is 35.5. The third-order valence-corrected chi connectivity index (χ3v) is 2.87. The van der Waals surface area contributed by atoms with Gasteiger partial charge in [0, 0.05) is 12.1 Å². The van der Waals surface area contributed by atoms with Crippen LogP contribution in [0, 0.1) is 5.82 Å². The molecule has 1 rings (SSSR count). The molecule has 0 saturated heterocycles. The van der Waals surface area contributed by atoms with Gasteiger partial charge in [-0.15, -0.1) is 0 Å². The number of carbonyl (C=O) groups is 1. The van der Waals surface area contributed by atoms with E-state index in [4.69, 9.17) is 17.3 Å². The molecule has 0 unspecified atom stereocenters. The summed E-state index contributed by atoms with van der Waals surface area (Å²) >= 11 is 5.55. The Labute approximate surface area is 112 Å². The van der Waals surface area contributed by atoms with Gasteiger partial charge in [-0.25, -0.2) is 4.39 Å². The van der Waals surface area contributed by atoms with E-state index in [1.807, 2.05) is 0 Å². The molecule has 1 aromatic carbocycles. The number of anilines is 1. The van der Waals surface area contributed by atoms with Gasteiger partial charge in [-0.2, -0.15) is 0 Å². The SMILES string of the molecule is NCCCCCCC(=O)Nc1ccc(Cl)c(F)c1. The highest BCUT2D eigenvalue weighted by Gasteiger charge is 2.05. The predicted molar refractivity (Wildman–Crippen MR) is 72.2 cm³/mol. The third kappa shape index (κ3) is 5.47. The van der Waals surface area contributed by atoms with Crippen LogP contribution in [0.3, 0.4) is 0 Å². The van der Waals surface area contributed by atoms with Crippen LogP contribution in [-0.4, -0.2) is 12.5 Å². The van der Waals surface area contributed by atoms with E-state index in [-0.39, 0.29) is 10.9 Å². The number of nitrogens with one attached hydrogen (secondary N) is 1. The molecule has 1 amide bonds. The minimum atomic E-state index is -0.530. The Kier molecular flexibility index (Phi) is 6.68. The van der Waals surface area contributed by atoms with Crippen LogP contribution in [-0.2, 0) is 4.79 Å². The summed E-state index contributed by atoms with van der Waals surface area (Å²) < 4.78 is 13.1. The Morgan fingerprint density at radius 1 is 1.28 bits per heavy atom. The summed E-state index contributed by atoms with van der Waals surface area (Å²) in [7, 11) is 0. The van der Waals surface area contributed by atoms with Crippen molar-refractivity contribution in [1.29, 1.82) is 0 Å². The van der Waals surface area contributed by atoms with E-state index < -0.39 is 5.82 Å². The second kappa shape index (κ2) is 8.06. The lowest BCUT2D eigenvalue weighted by molar-refractivity contribution is -0.116. The summed E-state index contributed by atoms with van der Waals surface area (Å²) in [6, 6.07) is 4.22. The third-order valence-electron chi connectivity index (χ3n) is 2.56. The molecular formula is C13H18ClFN2O. The van der Waals surface area contributed by atoms with E-state index in [0.29, 0.717) is 18.7 Å². The summed E-state index contributed by atoms with van der Waals surface area (Å²) in [6.07, 6.45) is 4.28. The van der Waals surface area contributed by atoms with E-state index >= 15 is 0 Å². The van der Waals surface area contributed by atoms with Crippen molar-refractivity contribution in [2.24, 2.45) is 5.73 Å². The molecule has 0 fully saturated rings. The average Bonchev–Trinajstić information content (AvgIpc) is 2.34. The first kappa shape index (κ1) is 14.9. The fourth-order valence-electron chi connectivity index (χ4n) is 1.58. The maximum atomic E-state index is 13.1. The summed E-state index contributed by atoms with van der Waals surface area (Å²) in [6.45, 7) is 0.691. The molecule has 1 aromatic rings. The first-order chi connectivity index (χ1) is 8.63. The molecule has 0 aliphatic rings. The van der Waals surface area contributed by atoms with E-state index in [2.05, 4.69) is 5.32 Å². The van der Waals surface area contributed by atoms with Gasteiger partial charge in [-0.1, -0.05) is 24.4 Å². The zero-order chi connectivity index (χ0) is 13.4. The van der Waals surface area contributed by atoms with Gasteiger partial charge in [-0.05, 0) is 37.6 Å². The highest BCUT2D eigenvalue weighted by molar-refractivity contribution is 6.30. The summed E-state index contributed by atoms with van der Waals surface area (Å²) in [5.74, 6) is -0.637. The van der Waals surface area contributed by atoms with Gasteiger partial charge in [0.25, 0.3) is 0 Å². The largest absolute Gasteiger partial charge is 0.330 e. The van der Waals surface area contributed by atoms with Crippen molar-refractivity contribution in [3.8, 4) is 0 Å². The second-order valence-electron chi connectivity index (χ2n) is 4.13. The maximum Gasteiger partial charge on any atom is 0.224 e. The van der Waals surface area contributed by atoms with E-state index in [1.54, 1.807) is 6.07 Å². The van der Waals surface area contributed by atoms with Crippen molar-refractivity contribution in [1.82, 2.24) is 0 Å². The predicted octanol–water partition coefficient (Wildman–Crippen LogP) is 3.33. The van der Waals surface area contributed by atoms with E-state index in [9.17, 15) is 9.18 Å². The first-order valence-electron chi connectivity index (χ1n) is 6.08. The quantitative estimate of drug-likeness (QED) is 0.748. The lowest BCUT2D eigenvalue weighted by atomic mass is 10.1. The molecule has 0 saturated carbocycles. The number of unbranched alkanes of at least 4 members (excludes halogenated alkanes) is 3. The van der Waals surface area contributed by atoms with Crippen molar-refractivity contribution in [2.45, 2.75) is 32.1 Å². The molecule has 3 N–H and O–H groups in total. The average molecular weight is 273 g/mol. The van der Waals surface area contributed by atoms with Crippen LogP contribution in [0.4, 0.5) is 10.1 Å². The van der Waals surface area contributed by atoms with Crippen molar-refractivity contribution in [3.63, 3.8) is 0 Å². The lowest BCUT2D eigenvalue weighted by Crippen LogP contribution is -2.11. The van der Waals surface area contributed by atoms with Gasteiger partial charge in [0.15, 0.2) is 0 Å². The van der Waals surface area contributed by atoms with Crippen LogP contribution in [0.5, 0.6) is 0 Å². The van der Waals surface area contributed by atoms with Gasteiger partial charge >= 0.3 is 0 Å². The minimum Gasteiger partial charge on any atom is -0.330 e. The van der Waals surface area contributed by atoms with Gasteiger partial charge in [0.1, 0.15) is 5.82 Å². The maximum absolute atomic E-state index is 13.1. The van der Waals surface area contributed by atoms with Gasteiger partial charge in [0.05, 0.1) is 5.02 Å². The number of nitrogens with two attached hydrogens (primary N) is 1. The van der Waals surface area contributed by atoms with Crippen LogP contribution in [0.15, 0.2) is 18.2 Å². The Morgan fingerprint density at radius 2 is 2.00 bits per heavy atom. The molecule has 0 heterocycles. The molecule has 3 nitrogen and oxygen atoms in total. The zero-order valence-corrected chi connectivity index (χ0v) is 11.0. The van der Waals surface area contributed by atoms with Crippen molar-refractivity contribution >= 4 is 23.2 Å². The molecule has 0 radical (unpaired) electrons.